The molecular formula is C15H9ClN2O3. The molecule has 0 atom stereocenters. The van der Waals surface area contributed by atoms with Gasteiger partial charge in [-0.05, 0) is 42.5 Å². The number of hydrogen-bond donors (Lipinski definition) is 1. The lowest BCUT2D eigenvalue weighted by atomic mass is 10.1. The summed E-state index contributed by atoms with van der Waals surface area (Å²) in [5, 5.41) is 13.5. The van der Waals surface area contributed by atoms with Crippen LogP contribution >= 0.6 is 11.6 Å². The minimum Gasteiger partial charge on any atom is -0.478 e. The zero-order chi connectivity index (χ0) is 14.8. The van der Waals surface area contributed by atoms with Gasteiger partial charge in [-0.3, -0.25) is 0 Å². The zero-order valence-electron chi connectivity index (χ0n) is 10.7. The Kier molecular flexibility index (Phi) is 3.41. The van der Waals surface area contributed by atoms with Crippen LogP contribution in [0.2, 0.25) is 5.02 Å². The normalized spacial score (nSPS) is 10.5. The summed E-state index contributed by atoms with van der Waals surface area (Å²) in [7, 11) is 0. The van der Waals surface area contributed by atoms with E-state index in [9.17, 15) is 4.79 Å². The third-order valence-corrected chi connectivity index (χ3v) is 3.14. The van der Waals surface area contributed by atoms with Gasteiger partial charge >= 0.3 is 5.97 Å². The molecule has 0 aliphatic heterocycles. The van der Waals surface area contributed by atoms with Gasteiger partial charge < -0.3 is 9.63 Å². The maximum atomic E-state index is 11.0. The van der Waals surface area contributed by atoms with E-state index >= 15 is 0 Å². The molecule has 2 aromatic carbocycles. The molecule has 0 unspecified atom stereocenters. The van der Waals surface area contributed by atoms with Crippen molar-refractivity contribution >= 4 is 17.6 Å². The van der Waals surface area contributed by atoms with Crippen molar-refractivity contribution < 1.29 is 14.4 Å². The van der Waals surface area contributed by atoms with Crippen LogP contribution in [-0.2, 0) is 0 Å². The lowest BCUT2D eigenvalue weighted by molar-refractivity contribution is 0.0697. The molecular weight excluding hydrogens is 292 g/mol. The second-order valence-corrected chi connectivity index (χ2v) is 4.75. The van der Waals surface area contributed by atoms with Crippen molar-refractivity contribution in [3.05, 3.63) is 59.1 Å². The van der Waals surface area contributed by atoms with Crippen LogP contribution < -0.4 is 0 Å². The molecule has 0 amide bonds. The van der Waals surface area contributed by atoms with Gasteiger partial charge in [0.1, 0.15) is 0 Å². The molecule has 1 heterocycles. The highest BCUT2D eigenvalue weighted by molar-refractivity contribution is 6.30. The van der Waals surface area contributed by atoms with Crippen LogP contribution in [0.5, 0.6) is 0 Å². The van der Waals surface area contributed by atoms with Gasteiger partial charge in [0.05, 0.1) is 5.56 Å². The monoisotopic (exact) mass is 300 g/mol. The number of carboxylic acid groups (broad SMARTS) is 1. The highest BCUT2D eigenvalue weighted by Crippen LogP contribution is 2.23. The molecule has 3 rings (SSSR count). The van der Waals surface area contributed by atoms with Gasteiger partial charge in [0, 0.05) is 16.1 Å². The van der Waals surface area contributed by atoms with Gasteiger partial charge in [0.15, 0.2) is 0 Å². The van der Waals surface area contributed by atoms with Gasteiger partial charge in [-0.15, -0.1) is 0 Å². The summed E-state index contributed by atoms with van der Waals surface area (Å²) in [6.07, 6.45) is 0. The van der Waals surface area contributed by atoms with Gasteiger partial charge in [0.25, 0.3) is 5.89 Å². The number of nitrogens with zero attached hydrogens (tertiary/aromatic N) is 2. The first kappa shape index (κ1) is 13.3. The summed E-state index contributed by atoms with van der Waals surface area (Å²) in [6.45, 7) is 0. The first-order valence-corrected chi connectivity index (χ1v) is 6.44. The van der Waals surface area contributed by atoms with Crippen LogP contribution in [0.4, 0.5) is 0 Å². The SMILES string of the molecule is O=C(O)c1cccc(-c2nc(-c3ccc(Cl)cc3)no2)c1. The van der Waals surface area contributed by atoms with E-state index in [0.717, 1.165) is 5.56 Å². The molecule has 5 nitrogen and oxygen atoms in total. The van der Waals surface area contributed by atoms with E-state index in [4.69, 9.17) is 21.2 Å². The molecule has 0 radical (unpaired) electrons. The van der Waals surface area contributed by atoms with Crippen molar-refractivity contribution in [2.75, 3.05) is 0 Å². The molecule has 6 heteroatoms. The van der Waals surface area contributed by atoms with Crippen LogP contribution in [0.15, 0.2) is 53.1 Å². The fraction of sp³-hybridized carbons (Fsp3) is 0. The molecule has 0 fully saturated rings. The summed E-state index contributed by atoms with van der Waals surface area (Å²) in [6, 6.07) is 13.4. The van der Waals surface area contributed by atoms with Crippen molar-refractivity contribution in [2.24, 2.45) is 0 Å². The van der Waals surface area contributed by atoms with Gasteiger partial charge in [-0.1, -0.05) is 22.8 Å². The second-order valence-electron chi connectivity index (χ2n) is 4.32. The number of benzene rings is 2. The van der Waals surface area contributed by atoms with E-state index in [0.29, 0.717) is 16.4 Å². The zero-order valence-corrected chi connectivity index (χ0v) is 11.4. The van der Waals surface area contributed by atoms with E-state index < -0.39 is 5.97 Å². The topological polar surface area (TPSA) is 76.2 Å². The number of carbonyl (C=O) groups is 1. The van der Waals surface area contributed by atoms with Crippen LogP contribution in [-0.4, -0.2) is 21.2 Å². The van der Waals surface area contributed by atoms with Gasteiger partial charge in [0.2, 0.25) is 5.82 Å². The number of rotatable bonds is 3. The maximum Gasteiger partial charge on any atom is 0.335 e. The number of aromatic nitrogens is 2. The highest BCUT2D eigenvalue weighted by Gasteiger charge is 2.12. The Morgan fingerprint density at radius 2 is 1.86 bits per heavy atom. The first-order chi connectivity index (χ1) is 10.1. The van der Waals surface area contributed by atoms with Crippen molar-refractivity contribution in [3.63, 3.8) is 0 Å². The van der Waals surface area contributed by atoms with E-state index in [1.54, 1.807) is 36.4 Å². The largest absolute Gasteiger partial charge is 0.478 e. The Morgan fingerprint density at radius 1 is 1.10 bits per heavy atom. The lowest BCUT2D eigenvalue weighted by Crippen LogP contribution is -1.95. The average molecular weight is 301 g/mol. The fourth-order valence-corrected chi connectivity index (χ4v) is 1.97. The van der Waals surface area contributed by atoms with E-state index in [2.05, 4.69) is 10.1 Å². The van der Waals surface area contributed by atoms with Crippen molar-refractivity contribution in [1.82, 2.24) is 10.1 Å². The third-order valence-electron chi connectivity index (χ3n) is 2.88. The molecule has 3 aromatic rings. The number of aromatic carboxylic acids is 1. The summed E-state index contributed by atoms with van der Waals surface area (Å²) in [4.78, 5) is 15.2. The smallest absolute Gasteiger partial charge is 0.335 e. The number of halogens is 1. The van der Waals surface area contributed by atoms with E-state index in [1.807, 2.05) is 0 Å². The van der Waals surface area contributed by atoms with Crippen LogP contribution in [0.1, 0.15) is 10.4 Å². The van der Waals surface area contributed by atoms with Crippen molar-refractivity contribution in [1.29, 1.82) is 0 Å². The van der Waals surface area contributed by atoms with Crippen LogP contribution in [0, 0.1) is 0 Å². The molecule has 0 aliphatic carbocycles. The molecule has 0 saturated heterocycles. The lowest BCUT2D eigenvalue weighted by Gasteiger charge is -1.96. The molecule has 0 bridgehead atoms. The van der Waals surface area contributed by atoms with Crippen LogP contribution in [0.25, 0.3) is 22.8 Å². The molecule has 1 N–H and O–H groups in total. The highest BCUT2D eigenvalue weighted by atomic mass is 35.5. The molecule has 0 aliphatic rings. The fourth-order valence-electron chi connectivity index (χ4n) is 1.84. The van der Waals surface area contributed by atoms with Crippen LogP contribution in [0.3, 0.4) is 0 Å². The Hall–Kier alpha value is -2.66. The minimum atomic E-state index is -1.01. The van der Waals surface area contributed by atoms with E-state index in [1.165, 1.54) is 12.1 Å². The molecule has 104 valence electrons. The van der Waals surface area contributed by atoms with Crippen molar-refractivity contribution in [3.8, 4) is 22.8 Å². The third kappa shape index (κ3) is 2.78. The summed E-state index contributed by atoms with van der Waals surface area (Å²) < 4.78 is 5.18. The number of carboxylic acids is 1. The summed E-state index contributed by atoms with van der Waals surface area (Å²) in [5.41, 5.74) is 1.49. The van der Waals surface area contributed by atoms with Crippen molar-refractivity contribution in [2.45, 2.75) is 0 Å². The average Bonchev–Trinajstić information content (AvgIpc) is 2.98. The maximum absolute atomic E-state index is 11.0. The minimum absolute atomic E-state index is 0.166. The van der Waals surface area contributed by atoms with Gasteiger partial charge in [-0.2, -0.15) is 4.98 Å². The standard InChI is InChI=1S/C15H9ClN2O3/c16-12-6-4-9(5-7-12)13-17-14(21-18-13)10-2-1-3-11(8-10)15(19)20/h1-8H,(H,19,20). The first-order valence-electron chi connectivity index (χ1n) is 6.07. The predicted molar refractivity (Wildman–Crippen MR) is 77.1 cm³/mol. The second kappa shape index (κ2) is 5.38. The molecule has 1 aromatic heterocycles. The quantitative estimate of drug-likeness (QED) is 0.797. The molecule has 21 heavy (non-hydrogen) atoms. The Morgan fingerprint density at radius 3 is 2.57 bits per heavy atom. The van der Waals surface area contributed by atoms with E-state index in [-0.39, 0.29) is 11.5 Å². The Labute approximate surface area is 124 Å². The Bertz CT molecular complexity index is 797. The summed E-state index contributed by atoms with van der Waals surface area (Å²) >= 11 is 5.83. The number of hydrogen-bond acceptors (Lipinski definition) is 4. The molecule has 0 spiro atoms. The van der Waals surface area contributed by atoms with Gasteiger partial charge in [-0.25, -0.2) is 4.79 Å². The summed E-state index contributed by atoms with van der Waals surface area (Å²) in [5.74, 6) is -0.320. The predicted octanol–water partition coefficient (Wildman–Crippen LogP) is 3.76. The molecule has 0 saturated carbocycles. The Balaban J connectivity index is 1.96.